The van der Waals surface area contributed by atoms with Crippen LogP contribution < -0.4 is 5.32 Å². The Labute approximate surface area is 113 Å². The molecule has 19 heavy (non-hydrogen) atoms. The average molecular weight is 267 g/mol. The van der Waals surface area contributed by atoms with E-state index in [4.69, 9.17) is 4.74 Å². The molecule has 3 atom stereocenters. The molecule has 5 nitrogen and oxygen atoms in total. The Bertz CT molecular complexity index is 443. The second-order valence-corrected chi connectivity index (χ2v) is 6.24. The molecule has 3 unspecified atom stereocenters. The summed E-state index contributed by atoms with van der Waals surface area (Å²) in [5.41, 5.74) is -1.76. The van der Waals surface area contributed by atoms with Crippen molar-refractivity contribution in [2.75, 3.05) is 13.7 Å². The second kappa shape index (κ2) is 4.40. The molecular formula is C14H21NO4. The van der Waals surface area contributed by atoms with Crippen LogP contribution in [0.4, 0.5) is 0 Å². The molecule has 106 valence electrons. The fraction of sp³-hybridized carbons (Fsp3) is 0.786. The Balaban J connectivity index is 2.29. The molecule has 0 aromatic heterocycles. The number of amides is 1. The van der Waals surface area contributed by atoms with Crippen molar-refractivity contribution in [1.82, 2.24) is 5.32 Å². The molecule has 2 fully saturated rings. The van der Waals surface area contributed by atoms with Crippen LogP contribution in [0, 0.1) is 16.7 Å². The van der Waals surface area contributed by atoms with Crippen molar-refractivity contribution >= 4 is 17.5 Å². The highest BCUT2D eigenvalue weighted by molar-refractivity contribution is 6.47. The molecule has 2 bridgehead atoms. The monoisotopic (exact) mass is 267 g/mol. The largest absolute Gasteiger partial charge is 0.383 e. The van der Waals surface area contributed by atoms with Gasteiger partial charge in [0.05, 0.1) is 6.61 Å². The second-order valence-electron chi connectivity index (χ2n) is 6.24. The molecule has 0 spiro atoms. The van der Waals surface area contributed by atoms with Crippen LogP contribution in [-0.4, -0.2) is 37.2 Å². The molecule has 2 aliphatic rings. The first-order valence-electron chi connectivity index (χ1n) is 6.67. The van der Waals surface area contributed by atoms with Crippen LogP contribution in [0.1, 0.15) is 33.6 Å². The fourth-order valence-corrected chi connectivity index (χ4v) is 3.72. The molecule has 1 N–H and O–H groups in total. The number of rotatable bonds is 4. The molecule has 0 radical (unpaired) electrons. The summed E-state index contributed by atoms with van der Waals surface area (Å²) in [4.78, 5) is 36.7. The van der Waals surface area contributed by atoms with Gasteiger partial charge in [0.1, 0.15) is 5.41 Å². The van der Waals surface area contributed by atoms with Crippen molar-refractivity contribution in [3.05, 3.63) is 0 Å². The first-order chi connectivity index (χ1) is 8.79. The summed E-state index contributed by atoms with van der Waals surface area (Å²) in [6.45, 7) is 5.91. The molecule has 2 aliphatic carbocycles. The van der Waals surface area contributed by atoms with E-state index in [1.54, 1.807) is 7.11 Å². The standard InChI is InChI=1S/C14H21NO4/c1-8(7-19-4)15-12(18)14-6-5-9(13(14,2)3)10(16)11(14)17/h8-9H,5-7H2,1-4H3,(H,15,18). The van der Waals surface area contributed by atoms with Gasteiger partial charge in [-0.25, -0.2) is 0 Å². The predicted octanol–water partition coefficient (Wildman–Crippen LogP) is 0.712. The molecule has 2 saturated carbocycles. The van der Waals surface area contributed by atoms with Gasteiger partial charge < -0.3 is 10.1 Å². The van der Waals surface area contributed by atoms with Gasteiger partial charge >= 0.3 is 0 Å². The van der Waals surface area contributed by atoms with Crippen molar-refractivity contribution in [1.29, 1.82) is 0 Å². The van der Waals surface area contributed by atoms with E-state index in [-0.39, 0.29) is 23.7 Å². The van der Waals surface area contributed by atoms with Crippen LogP contribution in [0.15, 0.2) is 0 Å². The van der Waals surface area contributed by atoms with Crippen molar-refractivity contribution in [2.24, 2.45) is 16.7 Å². The maximum absolute atomic E-state index is 12.5. The quantitative estimate of drug-likeness (QED) is 0.601. The van der Waals surface area contributed by atoms with Gasteiger partial charge in [0, 0.05) is 19.1 Å². The minimum Gasteiger partial charge on any atom is -0.383 e. The molecule has 2 rings (SSSR count). The van der Waals surface area contributed by atoms with Crippen molar-refractivity contribution in [3.8, 4) is 0 Å². The normalized spacial score (nSPS) is 33.6. The van der Waals surface area contributed by atoms with E-state index in [2.05, 4.69) is 5.32 Å². The van der Waals surface area contributed by atoms with Gasteiger partial charge in [-0.05, 0) is 25.2 Å². The summed E-state index contributed by atoms with van der Waals surface area (Å²) in [5.74, 6) is -1.49. The number of carbonyl (C=O) groups is 3. The number of hydrogen-bond acceptors (Lipinski definition) is 4. The first-order valence-corrected chi connectivity index (χ1v) is 6.67. The molecule has 0 saturated heterocycles. The summed E-state index contributed by atoms with van der Waals surface area (Å²) < 4.78 is 4.98. The van der Waals surface area contributed by atoms with E-state index in [1.165, 1.54) is 0 Å². The SMILES string of the molecule is COCC(C)NC(=O)C12CCC(C(=O)C1=O)C2(C)C. The van der Waals surface area contributed by atoms with Gasteiger partial charge in [0.2, 0.25) is 17.5 Å². The van der Waals surface area contributed by atoms with Crippen molar-refractivity contribution < 1.29 is 19.1 Å². The Morgan fingerprint density at radius 2 is 2.11 bits per heavy atom. The van der Waals surface area contributed by atoms with Crippen LogP contribution in [-0.2, 0) is 19.1 Å². The lowest BCUT2D eigenvalue weighted by Crippen LogP contribution is -2.53. The van der Waals surface area contributed by atoms with Gasteiger partial charge in [-0.15, -0.1) is 0 Å². The fourth-order valence-electron chi connectivity index (χ4n) is 3.72. The van der Waals surface area contributed by atoms with Gasteiger partial charge in [-0.1, -0.05) is 13.8 Å². The minimum absolute atomic E-state index is 0.176. The summed E-state index contributed by atoms with van der Waals surface area (Å²) in [6, 6.07) is -0.176. The zero-order valence-electron chi connectivity index (χ0n) is 11.9. The number of ketones is 2. The lowest BCUT2D eigenvalue weighted by atomic mass is 9.68. The Morgan fingerprint density at radius 1 is 1.47 bits per heavy atom. The van der Waals surface area contributed by atoms with Crippen molar-refractivity contribution in [3.63, 3.8) is 0 Å². The number of methoxy groups -OCH3 is 1. The number of carbonyl (C=O) groups excluding carboxylic acids is 3. The summed E-state index contributed by atoms with van der Waals surface area (Å²) in [5, 5.41) is 2.81. The third-order valence-corrected chi connectivity index (χ3v) is 4.89. The Hall–Kier alpha value is -1.23. The van der Waals surface area contributed by atoms with E-state index in [0.29, 0.717) is 19.4 Å². The minimum atomic E-state index is -1.17. The highest BCUT2D eigenvalue weighted by Gasteiger charge is 2.72. The van der Waals surface area contributed by atoms with Gasteiger partial charge in [0.25, 0.3) is 0 Å². The third-order valence-electron chi connectivity index (χ3n) is 4.89. The number of Topliss-reactive ketones (excluding diaryl/α,β-unsaturated/α-hetero) is 2. The highest BCUT2D eigenvalue weighted by Crippen LogP contribution is 2.62. The average Bonchev–Trinajstić information content (AvgIpc) is 2.65. The Morgan fingerprint density at radius 3 is 2.58 bits per heavy atom. The number of fused-ring (bicyclic) bond motifs is 2. The third kappa shape index (κ3) is 1.67. The Kier molecular flexibility index (Phi) is 3.29. The topological polar surface area (TPSA) is 72.5 Å². The van der Waals surface area contributed by atoms with Crippen LogP contribution in [0.3, 0.4) is 0 Å². The molecule has 1 amide bonds. The van der Waals surface area contributed by atoms with E-state index in [1.807, 2.05) is 20.8 Å². The molecule has 0 heterocycles. The van der Waals surface area contributed by atoms with E-state index in [0.717, 1.165) is 0 Å². The van der Waals surface area contributed by atoms with E-state index < -0.39 is 16.6 Å². The van der Waals surface area contributed by atoms with Crippen LogP contribution in [0.25, 0.3) is 0 Å². The summed E-state index contributed by atoms with van der Waals surface area (Å²) >= 11 is 0. The lowest BCUT2D eigenvalue weighted by molar-refractivity contribution is -0.149. The zero-order valence-corrected chi connectivity index (χ0v) is 11.9. The predicted molar refractivity (Wildman–Crippen MR) is 68.4 cm³/mol. The molecule has 0 aromatic rings. The van der Waals surface area contributed by atoms with Gasteiger partial charge in [0.15, 0.2) is 0 Å². The van der Waals surface area contributed by atoms with E-state index >= 15 is 0 Å². The van der Waals surface area contributed by atoms with E-state index in [9.17, 15) is 14.4 Å². The molecule has 5 heteroatoms. The zero-order chi connectivity index (χ0) is 14.4. The first kappa shape index (κ1) is 14.2. The van der Waals surface area contributed by atoms with Crippen molar-refractivity contribution in [2.45, 2.75) is 39.7 Å². The van der Waals surface area contributed by atoms with Gasteiger partial charge in [-0.2, -0.15) is 0 Å². The summed E-state index contributed by atoms with van der Waals surface area (Å²) in [6.07, 6.45) is 1.10. The maximum atomic E-state index is 12.5. The van der Waals surface area contributed by atoms with Gasteiger partial charge in [-0.3, -0.25) is 14.4 Å². The van der Waals surface area contributed by atoms with Crippen LogP contribution >= 0.6 is 0 Å². The summed E-state index contributed by atoms with van der Waals surface area (Å²) in [7, 11) is 1.56. The number of ether oxygens (including phenoxy) is 1. The lowest BCUT2D eigenvalue weighted by Gasteiger charge is -2.34. The number of nitrogens with one attached hydrogen (secondary N) is 1. The van der Waals surface area contributed by atoms with Crippen LogP contribution in [0.5, 0.6) is 0 Å². The van der Waals surface area contributed by atoms with Crippen LogP contribution in [0.2, 0.25) is 0 Å². The number of hydrogen-bond donors (Lipinski definition) is 1. The molecule has 0 aliphatic heterocycles. The molecule has 0 aromatic carbocycles. The maximum Gasteiger partial charge on any atom is 0.235 e. The highest BCUT2D eigenvalue weighted by atomic mass is 16.5. The molecular weight excluding hydrogens is 246 g/mol. The smallest absolute Gasteiger partial charge is 0.235 e.